The molecule has 1 saturated heterocycles. The third-order valence-corrected chi connectivity index (χ3v) is 5.60. The smallest absolute Gasteiger partial charge is 0.126 e. The summed E-state index contributed by atoms with van der Waals surface area (Å²) in [7, 11) is 0. The first-order chi connectivity index (χ1) is 11.6. The number of fused-ring (bicyclic) bond motifs is 1. The predicted molar refractivity (Wildman–Crippen MR) is 103 cm³/mol. The van der Waals surface area contributed by atoms with Gasteiger partial charge in [0.05, 0.1) is 15.6 Å². The maximum absolute atomic E-state index is 6.27. The maximum atomic E-state index is 6.27. The van der Waals surface area contributed by atoms with Gasteiger partial charge in [-0.1, -0.05) is 36.2 Å². The number of hydrogen-bond donors (Lipinski definition) is 1. The Morgan fingerprint density at radius 3 is 2.54 bits per heavy atom. The zero-order valence-corrected chi connectivity index (χ0v) is 15.7. The van der Waals surface area contributed by atoms with Crippen LogP contribution in [0.15, 0.2) is 24.3 Å². The summed E-state index contributed by atoms with van der Waals surface area (Å²) < 4.78 is 0. The minimum absolute atomic E-state index is 0.469. The molecule has 0 amide bonds. The third kappa shape index (κ3) is 3.94. The normalized spacial score (nSPS) is 18.0. The number of nitrogens with zero attached hydrogens (tertiary/aromatic N) is 3. The van der Waals surface area contributed by atoms with E-state index < -0.39 is 0 Å². The van der Waals surface area contributed by atoms with Gasteiger partial charge in [0, 0.05) is 44.2 Å². The highest BCUT2D eigenvalue weighted by atomic mass is 35.5. The highest BCUT2D eigenvalue weighted by Gasteiger charge is 2.20. The molecule has 0 saturated carbocycles. The summed E-state index contributed by atoms with van der Waals surface area (Å²) in [4.78, 5) is 9.65. The number of anilines is 1. The van der Waals surface area contributed by atoms with E-state index in [-0.39, 0.29) is 0 Å². The van der Waals surface area contributed by atoms with Crippen molar-refractivity contribution in [1.29, 1.82) is 0 Å². The molecule has 1 aliphatic heterocycles. The highest BCUT2D eigenvalue weighted by molar-refractivity contribution is 6.45. The molecule has 2 aromatic rings. The van der Waals surface area contributed by atoms with Crippen molar-refractivity contribution >= 4 is 39.9 Å². The van der Waals surface area contributed by atoms with Crippen LogP contribution in [0.2, 0.25) is 10.0 Å². The molecule has 1 aromatic carbocycles. The van der Waals surface area contributed by atoms with E-state index in [0.29, 0.717) is 16.1 Å². The van der Waals surface area contributed by atoms with Crippen LogP contribution in [0.4, 0.5) is 5.82 Å². The molecule has 3 rings (SSSR count). The van der Waals surface area contributed by atoms with E-state index in [4.69, 9.17) is 23.2 Å². The van der Waals surface area contributed by atoms with Gasteiger partial charge < -0.3 is 10.2 Å². The molecule has 0 spiro atoms. The lowest BCUT2D eigenvalue weighted by Crippen LogP contribution is -2.51. The summed E-state index contributed by atoms with van der Waals surface area (Å²) >= 11 is 12.4. The lowest BCUT2D eigenvalue weighted by atomic mass is 10.2. The Balaban J connectivity index is 1.62. The summed E-state index contributed by atoms with van der Waals surface area (Å²) in [6, 6.07) is 8.23. The molecule has 2 heterocycles. The Hall–Kier alpha value is -1.07. The number of rotatable bonds is 5. The molecule has 1 atom stereocenters. The van der Waals surface area contributed by atoms with Crippen molar-refractivity contribution in [1.82, 2.24) is 14.8 Å². The largest absolute Gasteiger partial charge is 0.368 e. The molecule has 130 valence electrons. The number of pyridine rings is 1. The Kier molecular flexibility index (Phi) is 5.82. The van der Waals surface area contributed by atoms with Gasteiger partial charge in [0.25, 0.3) is 0 Å². The van der Waals surface area contributed by atoms with Crippen molar-refractivity contribution in [2.75, 3.05) is 44.6 Å². The molecule has 1 aromatic heterocycles. The van der Waals surface area contributed by atoms with Crippen LogP contribution < -0.4 is 5.32 Å². The van der Waals surface area contributed by atoms with E-state index >= 15 is 0 Å². The van der Waals surface area contributed by atoms with Crippen LogP contribution in [-0.2, 0) is 0 Å². The van der Waals surface area contributed by atoms with Gasteiger partial charge in [0.2, 0.25) is 0 Å². The van der Waals surface area contributed by atoms with E-state index in [9.17, 15) is 0 Å². The number of halogens is 2. The second-order valence-corrected chi connectivity index (χ2v) is 7.11. The van der Waals surface area contributed by atoms with Gasteiger partial charge in [0.15, 0.2) is 0 Å². The fraction of sp³-hybridized carbons (Fsp3) is 0.500. The molecule has 4 nitrogen and oxygen atoms in total. The van der Waals surface area contributed by atoms with Gasteiger partial charge in [-0.2, -0.15) is 0 Å². The predicted octanol–water partition coefficient (Wildman–Crippen LogP) is 3.98. The number of benzene rings is 1. The lowest BCUT2D eigenvalue weighted by molar-refractivity contribution is 0.110. The second-order valence-electron chi connectivity index (χ2n) is 6.33. The molecule has 24 heavy (non-hydrogen) atoms. The Morgan fingerprint density at radius 1 is 1.12 bits per heavy atom. The van der Waals surface area contributed by atoms with Gasteiger partial charge in [-0.3, -0.25) is 4.90 Å². The first-order valence-electron chi connectivity index (χ1n) is 8.53. The number of piperazine rings is 1. The van der Waals surface area contributed by atoms with E-state index in [1.165, 1.54) is 0 Å². The number of nitrogens with one attached hydrogen (secondary N) is 1. The summed E-state index contributed by atoms with van der Waals surface area (Å²) in [6.07, 6.45) is 0. The minimum atomic E-state index is 0.469. The topological polar surface area (TPSA) is 31.4 Å². The average Bonchev–Trinajstić information content (AvgIpc) is 2.63. The number of aromatic nitrogens is 1. The standard InChI is InChI=1S/C18H24Cl2N4/c1-3-23-8-10-24(11-9-23)13(2)12-21-16-7-5-14-4-6-15(19)17(20)18(14)22-16/h4-7,13H,3,8-12H2,1-2H3,(H,21,22)/t13-/m0/s1. The second kappa shape index (κ2) is 7.87. The van der Waals surface area contributed by atoms with Crippen molar-refractivity contribution < 1.29 is 0 Å². The summed E-state index contributed by atoms with van der Waals surface area (Å²) in [5.74, 6) is 0.839. The molecule has 0 aliphatic carbocycles. The van der Waals surface area contributed by atoms with Crippen LogP contribution in [0.3, 0.4) is 0 Å². The Labute approximate surface area is 153 Å². The van der Waals surface area contributed by atoms with Crippen molar-refractivity contribution in [2.45, 2.75) is 19.9 Å². The molecule has 6 heteroatoms. The van der Waals surface area contributed by atoms with E-state index in [0.717, 1.165) is 56.0 Å². The lowest BCUT2D eigenvalue weighted by Gasteiger charge is -2.37. The van der Waals surface area contributed by atoms with E-state index in [1.54, 1.807) is 6.07 Å². The maximum Gasteiger partial charge on any atom is 0.126 e. The Bertz CT molecular complexity index is 699. The van der Waals surface area contributed by atoms with Crippen LogP contribution in [0.25, 0.3) is 10.9 Å². The first kappa shape index (κ1) is 17.7. The van der Waals surface area contributed by atoms with E-state index in [1.807, 2.05) is 18.2 Å². The Morgan fingerprint density at radius 2 is 1.83 bits per heavy atom. The molecular weight excluding hydrogens is 343 g/mol. The summed E-state index contributed by atoms with van der Waals surface area (Å²) in [6.45, 7) is 11.1. The minimum Gasteiger partial charge on any atom is -0.368 e. The zero-order valence-electron chi connectivity index (χ0n) is 14.2. The van der Waals surface area contributed by atoms with Gasteiger partial charge in [0.1, 0.15) is 5.82 Å². The van der Waals surface area contributed by atoms with Crippen LogP contribution in [0.1, 0.15) is 13.8 Å². The van der Waals surface area contributed by atoms with Crippen LogP contribution in [0, 0.1) is 0 Å². The van der Waals surface area contributed by atoms with E-state index in [2.05, 4.69) is 33.9 Å². The fourth-order valence-electron chi connectivity index (χ4n) is 3.13. The molecule has 0 unspecified atom stereocenters. The monoisotopic (exact) mass is 366 g/mol. The van der Waals surface area contributed by atoms with Crippen LogP contribution >= 0.6 is 23.2 Å². The molecule has 1 fully saturated rings. The van der Waals surface area contributed by atoms with Crippen LogP contribution in [-0.4, -0.2) is 60.1 Å². The number of hydrogen-bond acceptors (Lipinski definition) is 4. The van der Waals surface area contributed by atoms with Crippen LogP contribution in [0.5, 0.6) is 0 Å². The molecule has 0 bridgehead atoms. The van der Waals surface area contributed by atoms with Gasteiger partial charge in [-0.05, 0) is 31.7 Å². The van der Waals surface area contributed by atoms with Gasteiger partial charge in [-0.15, -0.1) is 0 Å². The summed E-state index contributed by atoms with van der Waals surface area (Å²) in [5.41, 5.74) is 0.748. The number of likely N-dealkylation sites (N-methyl/N-ethyl adjacent to an activating group) is 1. The zero-order chi connectivity index (χ0) is 17.1. The third-order valence-electron chi connectivity index (χ3n) is 4.81. The summed E-state index contributed by atoms with van der Waals surface area (Å²) in [5, 5.41) is 5.49. The first-order valence-corrected chi connectivity index (χ1v) is 9.29. The highest BCUT2D eigenvalue weighted by Crippen LogP contribution is 2.30. The molecular formula is C18H24Cl2N4. The molecule has 1 aliphatic rings. The van der Waals surface area contributed by atoms with Crippen molar-refractivity contribution in [3.8, 4) is 0 Å². The fourth-order valence-corrected chi connectivity index (χ4v) is 3.50. The quantitative estimate of drug-likeness (QED) is 0.866. The SMILES string of the molecule is CCN1CCN([C@@H](C)CNc2ccc3ccc(Cl)c(Cl)c3n2)CC1. The molecule has 0 radical (unpaired) electrons. The molecule has 1 N–H and O–H groups in total. The van der Waals surface area contributed by atoms with Gasteiger partial charge in [-0.25, -0.2) is 4.98 Å². The van der Waals surface area contributed by atoms with Gasteiger partial charge >= 0.3 is 0 Å². The average molecular weight is 367 g/mol. The van der Waals surface area contributed by atoms with Crippen molar-refractivity contribution in [2.24, 2.45) is 0 Å². The van der Waals surface area contributed by atoms with Crippen molar-refractivity contribution in [3.63, 3.8) is 0 Å². The van der Waals surface area contributed by atoms with Crippen molar-refractivity contribution in [3.05, 3.63) is 34.3 Å².